The lowest BCUT2D eigenvalue weighted by Gasteiger charge is -2.12. The van der Waals surface area contributed by atoms with E-state index >= 15 is 0 Å². The van der Waals surface area contributed by atoms with Crippen LogP contribution in [0.1, 0.15) is 24.2 Å². The molecule has 8 heteroatoms. The van der Waals surface area contributed by atoms with Crippen molar-refractivity contribution in [2.24, 2.45) is 5.92 Å². The Balaban J connectivity index is 2.60. The Hall–Kier alpha value is -1.80. The number of methoxy groups -OCH3 is 2. The van der Waals surface area contributed by atoms with Gasteiger partial charge in [0.15, 0.2) is 0 Å². The number of carbonyl (C=O) groups is 1. The Morgan fingerprint density at radius 3 is 2.48 bits per heavy atom. The lowest BCUT2D eigenvalue weighted by molar-refractivity contribution is 0.0953. The van der Waals surface area contributed by atoms with Gasteiger partial charge in [0, 0.05) is 19.2 Å². The monoisotopic (exact) mass is 344 g/mol. The average Bonchev–Trinajstić information content (AvgIpc) is 2.52. The van der Waals surface area contributed by atoms with E-state index in [1.54, 1.807) is 18.2 Å². The molecule has 7 nitrogen and oxygen atoms in total. The topological polar surface area (TPSA) is 93.7 Å². The Kier molecular flexibility index (Phi) is 7.31. The summed E-state index contributed by atoms with van der Waals surface area (Å²) >= 11 is 0. The minimum Gasteiger partial charge on any atom is -0.497 e. The van der Waals surface area contributed by atoms with Gasteiger partial charge in [0.1, 0.15) is 11.5 Å². The maximum Gasteiger partial charge on any atom is 0.255 e. The summed E-state index contributed by atoms with van der Waals surface area (Å²) in [6.07, 6.45) is 0. The summed E-state index contributed by atoms with van der Waals surface area (Å²) in [6.45, 7) is 4.23. The van der Waals surface area contributed by atoms with Crippen molar-refractivity contribution in [1.29, 1.82) is 0 Å². The molecule has 0 atom stereocenters. The van der Waals surface area contributed by atoms with Crippen molar-refractivity contribution < 1.29 is 22.7 Å². The molecular formula is C15H24N2O5S. The van der Waals surface area contributed by atoms with Crippen molar-refractivity contribution in [3.63, 3.8) is 0 Å². The Morgan fingerprint density at radius 1 is 1.22 bits per heavy atom. The van der Waals surface area contributed by atoms with Crippen molar-refractivity contribution in [2.45, 2.75) is 13.8 Å². The first-order chi connectivity index (χ1) is 10.8. The first-order valence-corrected chi connectivity index (χ1v) is 8.92. The molecule has 23 heavy (non-hydrogen) atoms. The van der Waals surface area contributed by atoms with Crippen molar-refractivity contribution >= 4 is 15.9 Å². The highest BCUT2D eigenvalue weighted by atomic mass is 32.2. The second-order valence-corrected chi connectivity index (χ2v) is 7.31. The van der Waals surface area contributed by atoms with Gasteiger partial charge in [0.2, 0.25) is 10.0 Å². The van der Waals surface area contributed by atoms with Crippen LogP contribution < -0.4 is 19.5 Å². The number of rotatable bonds is 9. The molecule has 130 valence electrons. The zero-order valence-electron chi connectivity index (χ0n) is 13.9. The smallest absolute Gasteiger partial charge is 0.255 e. The normalized spacial score (nSPS) is 11.3. The predicted molar refractivity (Wildman–Crippen MR) is 88.5 cm³/mol. The van der Waals surface area contributed by atoms with Crippen molar-refractivity contribution in [3.05, 3.63) is 23.8 Å². The molecule has 0 aromatic heterocycles. The molecule has 0 aliphatic heterocycles. The van der Waals surface area contributed by atoms with Gasteiger partial charge in [-0.05, 0) is 18.1 Å². The van der Waals surface area contributed by atoms with Crippen LogP contribution in [0.2, 0.25) is 0 Å². The first-order valence-electron chi connectivity index (χ1n) is 7.26. The summed E-state index contributed by atoms with van der Waals surface area (Å²) in [5.41, 5.74) is 0.320. The first kappa shape index (κ1) is 19.2. The van der Waals surface area contributed by atoms with Gasteiger partial charge in [0.25, 0.3) is 5.91 Å². The van der Waals surface area contributed by atoms with Crippen LogP contribution in [0.5, 0.6) is 11.5 Å². The number of carbonyl (C=O) groups excluding carboxylic acids is 1. The van der Waals surface area contributed by atoms with E-state index in [1.165, 1.54) is 14.2 Å². The summed E-state index contributed by atoms with van der Waals surface area (Å²) in [7, 11) is -0.429. The zero-order valence-corrected chi connectivity index (χ0v) is 14.7. The summed E-state index contributed by atoms with van der Waals surface area (Å²) in [5.74, 6) is 0.581. The molecule has 0 unspecified atom stereocenters. The molecule has 0 radical (unpaired) electrons. The van der Waals surface area contributed by atoms with Crippen molar-refractivity contribution in [2.75, 3.05) is 33.1 Å². The van der Waals surface area contributed by atoms with Crippen LogP contribution >= 0.6 is 0 Å². The fourth-order valence-corrected chi connectivity index (χ4v) is 2.85. The van der Waals surface area contributed by atoms with Gasteiger partial charge < -0.3 is 14.8 Å². The Labute approximate surface area is 137 Å². The molecule has 1 aromatic rings. The summed E-state index contributed by atoms with van der Waals surface area (Å²) in [6, 6.07) is 4.80. The van der Waals surface area contributed by atoms with Crippen LogP contribution in [-0.4, -0.2) is 47.4 Å². The minimum absolute atomic E-state index is 0.0153. The van der Waals surface area contributed by atoms with Gasteiger partial charge in [-0.25, -0.2) is 13.1 Å². The van der Waals surface area contributed by atoms with E-state index in [0.29, 0.717) is 23.6 Å². The standard InChI is InChI=1S/C15H24N2O5S/c1-11(2)10-17-23(19,20)8-7-16-15(18)13-6-5-12(21-3)9-14(13)22-4/h5-6,9,11,17H,7-8,10H2,1-4H3,(H,16,18). The van der Waals surface area contributed by atoms with Gasteiger partial charge in [-0.15, -0.1) is 0 Å². The number of nitrogens with one attached hydrogen (secondary N) is 2. The molecule has 1 amide bonds. The molecule has 0 fully saturated rings. The average molecular weight is 344 g/mol. The molecule has 0 bridgehead atoms. The highest BCUT2D eigenvalue weighted by Crippen LogP contribution is 2.24. The number of hydrogen-bond donors (Lipinski definition) is 2. The largest absolute Gasteiger partial charge is 0.497 e. The van der Waals surface area contributed by atoms with Gasteiger partial charge >= 0.3 is 0 Å². The number of ether oxygens (including phenoxy) is 2. The minimum atomic E-state index is -3.40. The quantitative estimate of drug-likeness (QED) is 0.697. The third-order valence-electron chi connectivity index (χ3n) is 3.02. The SMILES string of the molecule is COc1ccc(C(=O)NCCS(=O)(=O)NCC(C)C)c(OC)c1. The van der Waals surface area contributed by atoms with E-state index in [2.05, 4.69) is 10.0 Å². The van der Waals surface area contributed by atoms with E-state index in [-0.39, 0.29) is 18.2 Å². The third kappa shape index (κ3) is 6.45. The van der Waals surface area contributed by atoms with Crippen molar-refractivity contribution in [1.82, 2.24) is 10.0 Å². The maximum absolute atomic E-state index is 12.1. The molecule has 0 heterocycles. The second kappa shape index (κ2) is 8.73. The highest BCUT2D eigenvalue weighted by Gasteiger charge is 2.15. The number of amides is 1. The summed E-state index contributed by atoms with van der Waals surface area (Å²) in [5, 5.41) is 2.58. The van der Waals surface area contributed by atoms with Crippen LogP contribution in [-0.2, 0) is 10.0 Å². The lowest BCUT2D eigenvalue weighted by Crippen LogP contribution is -2.35. The van der Waals surface area contributed by atoms with Gasteiger partial charge in [-0.3, -0.25) is 4.79 Å². The fraction of sp³-hybridized carbons (Fsp3) is 0.533. The molecule has 0 saturated carbocycles. The summed E-state index contributed by atoms with van der Waals surface area (Å²) in [4.78, 5) is 12.1. The third-order valence-corrected chi connectivity index (χ3v) is 4.37. The zero-order chi connectivity index (χ0) is 17.5. The highest BCUT2D eigenvalue weighted by molar-refractivity contribution is 7.89. The van der Waals surface area contributed by atoms with Crippen LogP contribution in [0.3, 0.4) is 0 Å². The van der Waals surface area contributed by atoms with E-state index in [4.69, 9.17) is 9.47 Å². The van der Waals surface area contributed by atoms with Crippen LogP contribution in [0.25, 0.3) is 0 Å². The molecule has 1 aromatic carbocycles. The van der Waals surface area contributed by atoms with Gasteiger partial charge in [0.05, 0.1) is 25.5 Å². The van der Waals surface area contributed by atoms with Crippen LogP contribution in [0.4, 0.5) is 0 Å². The van der Waals surface area contributed by atoms with E-state index < -0.39 is 15.9 Å². The maximum atomic E-state index is 12.1. The number of sulfonamides is 1. The van der Waals surface area contributed by atoms with Gasteiger partial charge in [-0.2, -0.15) is 0 Å². The van der Waals surface area contributed by atoms with Gasteiger partial charge in [-0.1, -0.05) is 13.8 Å². The number of hydrogen-bond acceptors (Lipinski definition) is 5. The molecule has 1 rings (SSSR count). The predicted octanol–water partition coefficient (Wildman–Crippen LogP) is 1.01. The molecule has 0 saturated heterocycles. The Morgan fingerprint density at radius 2 is 1.91 bits per heavy atom. The fourth-order valence-electron chi connectivity index (χ4n) is 1.75. The lowest BCUT2D eigenvalue weighted by atomic mass is 10.2. The second-order valence-electron chi connectivity index (χ2n) is 5.38. The molecule has 0 aliphatic carbocycles. The molecule has 0 spiro atoms. The molecule has 2 N–H and O–H groups in total. The Bertz CT molecular complexity index is 629. The van der Waals surface area contributed by atoms with E-state index in [0.717, 1.165) is 0 Å². The van der Waals surface area contributed by atoms with E-state index in [1.807, 2.05) is 13.8 Å². The van der Waals surface area contributed by atoms with Crippen LogP contribution in [0.15, 0.2) is 18.2 Å². The molecular weight excluding hydrogens is 320 g/mol. The van der Waals surface area contributed by atoms with Crippen LogP contribution in [0, 0.1) is 5.92 Å². The number of benzene rings is 1. The van der Waals surface area contributed by atoms with E-state index in [9.17, 15) is 13.2 Å². The van der Waals surface area contributed by atoms with Crippen molar-refractivity contribution in [3.8, 4) is 11.5 Å². The molecule has 0 aliphatic rings. The summed E-state index contributed by atoms with van der Waals surface area (Å²) < 4.78 is 36.2.